The highest BCUT2D eigenvalue weighted by Gasteiger charge is 2.40. The summed E-state index contributed by atoms with van der Waals surface area (Å²) in [5.41, 5.74) is 0. The maximum Gasteiger partial charge on any atom is 0.500 e. The van der Waals surface area contributed by atoms with Crippen molar-refractivity contribution in [2.45, 2.75) is 125 Å². The van der Waals surface area contributed by atoms with Crippen LogP contribution in [0.2, 0.25) is 12.1 Å². The lowest BCUT2D eigenvalue weighted by Crippen LogP contribution is -2.45. The Labute approximate surface area is 233 Å². The van der Waals surface area contributed by atoms with E-state index < -0.39 is 17.6 Å². The van der Waals surface area contributed by atoms with Gasteiger partial charge in [-0.2, -0.15) is 0 Å². The zero-order valence-corrected chi connectivity index (χ0v) is 27.7. The Hall–Kier alpha value is 0.154. The molecule has 0 N–H and O–H groups in total. The topological polar surface area (TPSA) is 58.6 Å². The van der Waals surface area contributed by atoms with Crippen molar-refractivity contribution in [2.75, 3.05) is 59.3 Å². The number of unbranched alkanes of at least 4 members (excludes halogenated alkanes) is 7. The summed E-state index contributed by atoms with van der Waals surface area (Å²) in [4.78, 5) is 2.68. The van der Waals surface area contributed by atoms with E-state index in [1.807, 2.05) is 41.5 Å². The van der Waals surface area contributed by atoms with Crippen molar-refractivity contribution in [1.82, 2.24) is 4.90 Å². The van der Waals surface area contributed by atoms with Crippen LogP contribution < -0.4 is 0 Å². The van der Waals surface area contributed by atoms with Crippen LogP contribution in [0.4, 0.5) is 0 Å². The molecule has 0 saturated carbocycles. The molecule has 0 aliphatic carbocycles. The normalized spacial score (nSPS) is 12.6. The van der Waals surface area contributed by atoms with Crippen LogP contribution in [0, 0.1) is 0 Å². The van der Waals surface area contributed by atoms with Crippen LogP contribution in [-0.2, 0) is 26.6 Å². The average Bonchev–Trinajstić information content (AvgIpc) is 2.87. The van der Waals surface area contributed by atoms with Crippen LogP contribution in [0.25, 0.3) is 0 Å². The van der Waals surface area contributed by atoms with Crippen molar-refractivity contribution in [3.63, 3.8) is 0 Å². The highest BCUT2D eigenvalue weighted by atomic mass is 28.4. The molecule has 0 aromatic carbocycles. The van der Waals surface area contributed by atoms with E-state index in [1.165, 1.54) is 71.0 Å². The summed E-state index contributed by atoms with van der Waals surface area (Å²) in [5.74, 6) is 0. The SMILES string of the molecule is CCCCN(CCCCCC[Si](OCC)(OCC)OCC)CCCCCC[Si](OCC)(OCC)OCC. The standard InChI is InChI=1S/C28H63NO6Si2/c1-8-15-24-29(25-20-16-18-22-27-36(30-9-2,31-10-3)32-11-4)26-21-17-19-23-28-37(33-12-5,34-13-6)35-14-7/h8-28H2,1-7H3. The quantitative estimate of drug-likeness (QED) is 0.0696. The number of hydrogen-bond acceptors (Lipinski definition) is 7. The van der Waals surface area contributed by atoms with Crippen molar-refractivity contribution in [1.29, 1.82) is 0 Å². The van der Waals surface area contributed by atoms with Gasteiger partial charge in [-0.3, -0.25) is 0 Å². The zero-order valence-electron chi connectivity index (χ0n) is 25.7. The van der Waals surface area contributed by atoms with Crippen molar-refractivity contribution in [3.8, 4) is 0 Å². The van der Waals surface area contributed by atoms with Gasteiger partial charge in [0, 0.05) is 51.7 Å². The third-order valence-electron chi connectivity index (χ3n) is 6.43. The Morgan fingerprint density at radius 1 is 0.378 bits per heavy atom. The molecule has 0 fully saturated rings. The first-order chi connectivity index (χ1) is 18.0. The molecule has 224 valence electrons. The first kappa shape index (κ1) is 37.2. The second kappa shape index (κ2) is 25.1. The predicted molar refractivity (Wildman–Crippen MR) is 159 cm³/mol. The molecule has 0 unspecified atom stereocenters. The summed E-state index contributed by atoms with van der Waals surface area (Å²) in [6, 6.07) is 1.87. The summed E-state index contributed by atoms with van der Waals surface area (Å²) >= 11 is 0. The number of rotatable bonds is 29. The number of hydrogen-bond donors (Lipinski definition) is 0. The first-order valence-electron chi connectivity index (χ1n) is 15.6. The van der Waals surface area contributed by atoms with Crippen molar-refractivity contribution >= 4 is 17.6 Å². The zero-order chi connectivity index (χ0) is 27.7. The second-order valence-corrected chi connectivity index (χ2v) is 15.0. The molecule has 0 bridgehead atoms. The van der Waals surface area contributed by atoms with E-state index in [-0.39, 0.29) is 0 Å². The maximum absolute atomic E-state index is 5.99. The van der Waals surface area contributed by atoms with E-state index in [2.05, 4.69) is 11.8 Å². The molecule has 0 aliphatic heterocycles. The number of nitrogens with zero attached hydrogens (tertiary/aromatic N) is 1. The van der Waals surface area contributed by atoms with Gasteiger partial charge in [0.2, 0.25) is 0 Å². The highest BCUT2D eigenvalue weighted by Crippen LogP contribution is 2.22. The largest absolute Gasteiger partial charge is 0.500 e. The van der Waals surface area contributed by atoms with Crippen molar-refractivity contribution in [3.05, 3.63) is 0 Å². The molecule has 9 heteroatoms. The Kier molecular flexibility index (Phi) is 25.2. The van der Waals surface area contributed by atoms with E-state index in [0.717, 1.165) is 24.9 Å². The Morgan fingerprint density at radius 3 is 0.973 bits per heavy atom. The summed E-state index contributed by atoms with van der Waals surface area (Å²) in [7, 11) is -4.96. The fraction of sp³-hybridized carbons (Fsp3) is 1.00. The minimum absolute atomic E-state index is 0.660. The first-order valence-corrected chi connectivity index (χ1v) is 19.4. The lowest BCUT2D eigenvalue weighted by molar-refractivity contribution is 0.0698. The van der Waals surface area contributed by atoms with E-state index in [1.54, 1.807) is 0 Å². The van der Waals surface area contributed by atoms with Gasteiger partial charge < -0.3 is 31.5 Å². The lowest BCUT2D eigenvalue weighted by Gasteiger charge is -2.28. The molecule has 0 atom stereocenters. The minimum atomic E-state index is -2.48. The van der Waals surface area contributed by atoms with E-state index in [0.29, 0.717) is 39.6 Å². The summed E-state index contributed by atoms with van der Waals surface area (Å²) in [6.07, 6.45) is 12.3. The molecule has 0 amide bonds. The second-order valence-electron chi connectivity index (χ2n) is 9.49. The van der Waals surface area contributed by atoms with E-state index >= 15 is 0 Å². The van der Waals surface area contributed by atoms with Gasteiger partial charge in [-0.1, -0.05) is 39.0 Å². The Bertz CT molecular complexity index is 418. The lowest BCUT2D eigenvalue weighted by atomic mass is 10.1. The van der Waals surface area contributed by atoms with E-state index in [9.17, 15) is 0 Å². The molecule has 0 heterocycles. The molecular formula is C28H63NO6Si2. The molecule has 0 aromatic rings. The van der Waals surface area contributed by atoms with Gasteiger partial charge in [-0.05, 0) is 93.3 Å². The average molecular weight is 566 g/mol. The molecular weight excluding hydrogens is 502 g/mol. The maximum atomic E-state index is 5.99. The fourth-order valence-corrected chi connectivity index (χ4v) is 10.2. The van der Waals surface area contributed by atoms with Gasteiger partial charge in [0.15, 0.2) is 0 Å². The van der Waals surface area contributed by atoms with E-state index in [4.69, 9.17) is 26.6 Å². The van der Waals surface area contributed by atoms with Gasteiger partial charge in [0.05, 0.1) is 0 Å². The van der Waals surface area contributed by atoms with Crippen molar-refractivity contribution < 1.29 is 26.6 Å². The molecule has 0 aliphatic rings. The molecule has 0 spiro atoms. The fourth-order valence-electron chi connectivity index (χ4n) is 4.78. The summed E-state index contributed by atoms with van der Waals surface area (Å²) in [6.45, 7) is 22.1. The van der Waals surface area contributed by atoms with Crippen molar-refractivity contribution in [2.24, 2.45) is 0 Å². The molecule has 7 nitrogen and oxygen atoms in total. The molecule has 0 radical (unpaired) electrons. The predicted octanol–water partition coefficient (Wildman–Crippen LogP) is 7.31. The Balaban J connectivity index is 4.32. The molecule has 0 saturated heterocycles. The highest BCUT2D eigenvalue weighted by molar-refractivity contribution is 6.61. The van der Waals surface area contributed by atoms with Gasteiger partial charge in [0.25, 0.3) is 0 Å². The Morgan fingerprint density at radius 2 is 0.676 bits per heavy atom. The monoisotopic (exact) mass is 565 g/mol. The van der Waals surface area contributed by atoms with Crippen LogP contribution in [0.3, 0.4) is 0 Å². The summed E-state index contributed by atoms with van der Waals surface area (Å²) < 4.78 is 36.0. The third kappa shape index (κ3) is 18.2. The van der Waals surface area contributed by atoms with Gasteiger partial charge in [-0.25, -0.2) is 0 Å². The van der Waals surface area contributed by atoms with Gasteiger partial charge in [0.1, 0.15) is 0 Å². The van der Waals surface area contributed by atoms with Gasteiger partial charge in [-0.15, -0.1) is 0 Å². The van der Waals surface area contributed by atoms with Crippen LogP contribution in [0.5, 0.6) is 0 Å². The minimum Gasteiger partial charge on any atom is -0.374 e. The van der Waals surface area contributed by atoms with Crippen LogP contribution in [0.15, 0.2) is 0 Å². The molecule has 0 aromatic heterocycles. The van der Waals surface area contributed by atoms with Crippen LogP contribution in [-0.4, -0.2) is 81.8 Å². The third-order valence-corrected chi connectivity index (χ3v) is 12.7. The molecule has 0 rings (SSSR count). The van der Waals surface area contributed by atoms with Gasteiger partial charge >= 0.3 is 17.6 Å². The van der Waals surface area contributed by atoms with Crippen LogP contribution >= 0.6 is 0 Å². The summed E-state index contributed by atoms with van der Waals surface area (Å²) in [5, 5.41) is 0. The molecule has 37 heavy (non-hydrogen) atoms. The smallest absolute Gasteiger partial charge is 0.374 e. The van der Waals surface area contributed by atoms with Crippen LogP contribution in [0.1, 0.15) is 113 Å².